The summed E-state index contributed by atoms with van der Waals surface area (Å²) in [7, 11) is 0. The van der Waals surface area contributed by atoms with Crippen molar-refractivity contribution in [3.8, 4) is 12.1 Å². The summed E-state index contributed by atoms with van der Waals surface area (Å²) >= 11 is 6.29. The van der Waals surface area contributed by atoms with Crippen molar-refractivity contribution in [2.45, 2.75) is 18.0 Å². The van der Waals surface area contributed by atoms with E-state index in [1.807, 2.05) is 89.8 Å². The lowest BCUT2D eigenvalue weighted by molar-refractivity contribution is 0.0951. The van der Waals surface area contributed by atoms with Gasteiger partial charge in [0.1, 0.15) is 6.04 Å². The van der Waals surface area contributed by atoms with Crippen LogP contribution in [0.4, 0.5) is 5.69 Å². The number of hydrogen-bond acceptors (Lipinski definition) is 4. The highest BCUT2D eigenvalue weighted by atomic mass is 35.5. The molecule has 0 saturated carbocycles. The third kappa shape index (κ3) is 3.09. The van der Waals surface area contributed by atoms with Crippen LogP contribution in [-0.2, 0) is 0 Å². The van der Waals surface area contributed by atoms with Gasteiger partial charge in [0.05, 0.1) is 18.2 Å². The fraction of sp³-hybridized carbons (Fsp3) is 0.129. The van der Waals surface area contributed by atoms with Crippen LogP contribution in [0.1, 0.15) is 27.4 Å². The van der Waals surface area contributed by atoms with Crippen molar-refractivity contribution in [3.63, 3.8) is 0 Å². The molecule has 172 valence electrons. The fourth-order valence-corrected chi connectivity index (χ4v) is 6.08. The number of nitriles is 2. The van der Waals surface area contributed by atoms with Crippen molar-refractivity contribution in [1.29, 1.82) is 10.5 Å². The fourth-order valence-electron chi connectivity index (χ4n) is 5.90. The summed E-state index contributed by atoms with van der Waals surface area (Å²) in [4.78, 5) is 16.3. The monoisotopic (exact) mass is 485 g/mol. The number of fused-ring (bicyclic) bond motifs is 4. The Morgan fingerprint density at radius 1 is 0.889 bits per heavy atom. The van der Waals surface area contributed by atoms with Gasteiger partial charge in [-0.15, -0.1) is 0 Å². The molecule has 3 atom stereocenters. The summed E-state index contributed by atoms with van der Waals surface area (Å²) < 4.78 is 0. The number of benzene rings is 4. The van der Waals surface area contributed by atoms with Crippen molar-refractivity contribution in [2.75, 3.05) is 4.90 Å². The van der Waals surface area contributed by atoms with Crippen LogP contribution in [0.2, 0.25) is 5.02 Å². The van der Waals surface area contributed by atoms with Gasteiger partial charge in [-0.25, -0.2) is 0 Å². The molecule has 2 aliphatic heterocycles. The molecular weight excluding hydrogens is 466 g/mol. The molecule has 5 heteroatoms. The number of Topliss-reactive ketones (excluding diaryl/α,β-unsaturated/α-hetero) is 1. The lowest BCUT2D eigenvalue weighted by Gasteiger charge is -2.35. The predicted octanol–water partition coefficient (Wildman–Crippen LogP) is 6.78. The van der Waals surface area contributed by atoms with E-state index >= 15 is 0 Å². The van der Waals surface area contributed by atoms with E-state index in [0.29, 0.717) is 10.6 Å². The smallest absolute Gasteiger partial charge is 0.185 e. The van der Waals surface area contributed by atoms with Crippen LogP contribution >= 0.6 is 11.6 Å². The molecule has 1 saturated heterocycles. The Kier molecular flexibility index (Phi) is 5.15. The highest BCUT2D eigenvalue weighted by molar-refractivity contribution is 6.30. The molecule has 0 N–H and O–H groups in total. The minimum absolute atomic E-state index is 0.123. The lowest BCUT2D eigenvalue weighted by atomic mass is 9.68. The molecule has 1 fully saturated rings. The van der Waals surface area contributed by atoms with Gasteiger partial charge in [0, 0.05) is 22.2 Å². The van der Waals surface area contributed by atoms with Gasteiger partial charge < -0.3 is 4.90 Å². The normalized spacial score (nSPS) is 21.3. The second-order valence-electron chi connectivity index (χ2n) is 9.23. The van der Waals surface area contributed by atoms with Crippen LogP contribution in [0, 0.1) is 28.1 Å². The second kappa shape index (κ2) is 8.38. The van der Waals surface area contributed by atoms with Gasteiger partial charge in [0.15, 0.2) is 11.2 Å². The van der Waals surface area contributed by atoms with Crippen LogP contribution in [-0.4, -0.2) is 17.9 Å². The first-order valence-electron chi connectivity index (χ1n) is 11.7. The van der Waals surface area contributed by atoms with Crippen molar-refractivity contribution in [1.82, 2.24) is 0 Å². The molecule has 2 heterocycles. The number of carbonyl (C=O) groups is 1. The van der Waals surface area contributed by atoms with E-state index in [4.69, 9.17) is 11.6 Å². The number of ketones is 1. The van der Waals surface area contributed by atoms with Crippen molar-refractivity contribution in [3.05, 3.63) is 119 Å². The van der Waals surface area contributed by atoms with Gasteiger partial charge in [0.2, 0.25) is 0 Å². The quantitative estimate of drug-likeness (QED) is 0.300. The Balaban J connectivity index is 1.68. The van der Waals surface area contributed by atoms with Crippen LogP contribution in [0.15, 0.2) is 97.1 Å². The summed E-state index contributed by atoms with van der Waals surface area (Å²) in [5.41, 5.74) is 1.52. The molecule has 0 aromatic heterocycles. The van der Waals surface area contributed by atoms with E-state index in [9.17, 15) is 15.3 Å². The van der Waals surface area contributed by atoms with Crippen molar-refractivity contribution >= 4 is 39.9 Å². The van der Waals surface area contributed by atoms with Crippen molar-refractivity contribution < 1.29 is 4.79 Å². The van der Waals surface area contributed by atoms with Gasteiger partial charge in [-0.3, -0.25) is 4.79 Å². The van der Waals surface area contributed by atoms with Gasteiger partial charge >= 0.3 is 0 Å². The molecule has 0 spiro atoms. The first kappa shape index (κ1) is 22.1. The molecular formula is C31H20ClN3O. The van der Waals surface area contributed by atoms with Crippen LogP contribution in [0.25, 0.3) is 16.8 Å². The molecule has 4 aromatic carbocycles. The molecule has 0 aliphatic carbocycles. The maximum absolute atomic E-state index is 14.3. The number of nitrogens with zero attached hydrogens (tertiary/aromatic N) is 3. The molecule has 2 aliphatic rings. The standard InChI is InChI=1S/C31H20ClN3O/c32-23-14-15-26-22(17-23)13-16-27-31(18-33,19-34)28(25-12-6-10-20-7-4-5-11-24(20)25)29(35(26)27)30(36)21-8-2-1-3-9-21/h1-17,27-29H/t27-,28-,29+/m1/s1. The molecule has 0 amide bonds. The first-order chi connectivity index (χ1) is 17.6. The molecule has 36 heavy (non-hydrogen) atoms. The van der Waals surface area contributed by atoms with E-state index in [0.717, 1.165) is 27.6 Å². The summed E-state index contributed by atoms with van der Waals surface area (Å²) in [6.07, 6.45) is 3.78. The maximum atomic E-state index is 14.3. The Hall–Kier alpha value is -4.38. The summed E-state index contributed by atoms with van der Waals surface area (Å²) in [5, 5.41) is 23.8. The summed E-state index contributed by atoms with van der Waals surface area (Å²) in [5.74, 6) is -0.815. The zero-order chi connectivity index (χ0) is 24.9. The summed E-state index contributed by atoms with van der Waals surface area (Å²) in [6.45, 7) is 0. The minimum atomic E-state index is -1.49. The van der Waals surface area contributed by atoms with Crippen molar-refractivity contribution in [2.24, 2.45) is 5.41 Å². The number of hydrogen-bond donors (Lipinski definition) is 0. The first-order valence-corrected chi connectivity index (χ1v) is 12.1. The molecule has 0 radical (unpaired) electrons. The zero-order valence-corrected chi connectivity index (χ0v) is 19.9. The van der Waals surface area contributed by atoms with E-state index in [1.54, 1.807) is 18.2 Å². The third-order valence-corrected chi connectivity index (χ3v) is 7.69. The van der Waals surface area contributed by atoms with Gasteiger partial charge in [-0.1, -0.05) is 96.5 Å². The largest absolute Gasteiger partial charge is 0.351 e. The second-order valence-corrected chi connectivity index (χ2v) is 9.66. The van der Waals surface area contributed by atoms with Crippen LogP contribution in [0.5, 0.6) is 0 Å². The highest BCUT2D eigenvalue weighted by Crippen LogP contribution is 2.56. The lowest BCUT2D eigenvalue weighted by Crippen LogP contribution is -2.44. The van der Waals surface area contributed by atoms with Gasteiger partial charge in [-0.2, -0.15) is 10.5 Å². The average molecular weight is 486 g/mol. The van der Waals surface area contributed by atoms with E-state index in [1.165, 1.54) is 0 Å². The zero-order valence-electron chi connectivity index (χ0n) is 19.2. The molecule has 4 nitrogen and oxygen atoms in total. The number of anilines is 1. The summed E-state index contributed by atoms with van der Waals surface area (Å²) in [6, 6.07) is 31.8. The molecule has 6 rings (SSSR count). The SMILES string of the molecule is N#CC1(C#N)[C@H](c2cccc3ccccc23)[C@@H](C(=O)c2ccccc2)N2c3ccc(Cl)cc3C=C[C@@H]21. The number of halogens is 1. The van der Waals surface area contributed by atoms with E-state index in [-0.39, 0.29) is 5.78 Å². The van der Waals surface area contributed by atoms with Crippen LogP contribution < -0.4 is 4.90 Å². The molecule has 0 bridgehead atoms. The topological polar surface area (TPSA) is 67.9 Å². The number of rotatable bonds is 3. The van der Waals surface area contributed by atoms with Crippen LogP contribution in [0.3, 0.4) is 0 Å². The Morgan fingerprint density at radius 3 is 2.39 bits per heavy atom. The Morgan fingerprint density at radius 2 is 1.61 bits per heavy atom. The molecule has 4 aromatic rings. The average Bonchev–Trinajstić information content (AvgIpc) is 3.23. The Labute approximate surface area is 214 Å². The van der Waals surface area contributed by atoms with E-state index < -0.39 is 23.4 Å². The Bertz CT molecular complexity index is 1610. The predicted molar refractivity (Wildman–Crippen MR) is 142 cm³/mol. The molecule has 0 unspecified atom stereocenters. The highest BCUT2D eigenvalue weighted by Gasteiger charge is 2.63. The number of carbonyl (C=O) groups excluding carboxylic acids is 1. The van der Waals surface area contributed by atoms with Gasteiger partial charge in [0.25, 0.3) is 0 Å². The maximum Gasteiger partial charge on any atom is 0.185 e. The third-order valence-electron chi connectivity index (χ3n) is 7.45. The minimum Gasteiger partial charge on any atom is -0.351 e. The van der Waals surface area contributed by atoms with E-state index in [2.05, 4.69) is 12.1 Å². The van der Waals surface area contributed by atoms with Gasteiger partial charge in [-0.05, 0) is 40.1 Å².